The molecule has 0 aliphatic carbocycles. The van der Waals surface area contributed by atoms with E-state index in [1.54, 1.807) is 0 Å². The SMILES string of the molecule is CC(C)NCCCc1ncc(-c2cccc(Br)c2)[nH]1. The second kappa shape index (κ2) is 6.87. The maximum Gasteiger partial charge on any atom is 0.106 e. The van der Waals surface area contributed by atoms with Gasteiger partial charge in [0.2, 0.25) is 0 Å². The van der Waals surface area contributed by atoms with E-state index in [1.807, 2.05) is 18.3 Å². The first-order valence-electron chi connectivity index (χ1n) is 6.68. The number of nitrogens with one attached hydrogen (secondary N) is 2. The lowest BCUT2D eigenvalue weighted by Crippen LogP contribution is -2.24. The van der Waals surface area contributed by atoms with Crippen molar-refractivity contribution in [2.24, 2.45) is 0 Å². The Morgan fingerprint density at radius 2 is 2.21 bits per heavy atom. The van der Waals surface area contributed by atoms with Gasteiger partial charge in [0.15, 0.2) is 0 Å². The van der Waals surface area contributed by atoms with Crippen LogP contribution in [-0.2, 0) is 6.42 Å². The highest BCUT2D eigenvalue weighted by Gasteiger charge is 2.03. The Labute approximate surface area is 123 Å². The molecule has 2 N–H and O–H groups in total. The standard InChI is InChI=1S/C15H20BrN3/c1-11(2)17-8-4-7-15-18-10-14(19-15)12-5-3-6-13(16)9-12/h3,5-6,9-11,17H,4,7-8H2,1-2H3,(H,18,19). The molecular formula is C15H20BrN3. The van der Waals surface area contributed by atoms with Crippen molar-refractivity contribution in [3.05, 3.63) is 40.8 Å². The Balaban J connectivity index is 1.92. The van der Waals surface area contributed by atoms with Crippen molar-refractivity contribution >= 4 is 15.9 Å². The van der Waals surface area contributed by atoms with Crippen molar-refractivity contribution in [1.29, 1.82) is 0 Å². The zero-order valence-electron chi connectivity index (χ0n) is 11.4. The van der Waals surface area contributed by atoms with Gasteiger partial charge < -0.3 is 10.3 Å². The number of nitrogens with zero attached hydrogens (tertiary/aromatic N) is 1. The molecule has 0 atom stereocenters. The van der Waals surface area contributed by atoms with E-state index in [0.29, 0.717) is 6.04 Å². The van der Waals surface area contributed by atoms with Crippen LogP contribution in [0.4, 0.5) is 0 Å². The number of aromatic amines is 1. The summed E-state index contributed by atoms with van der Waals surface area (Å²) < 4.78 is 1.09. The molecule has 0 aliphatic rings. The first-order chi connectivity index (χ1) is 9.15. The van der Waals surface area contributed by atoms with Crippen LogP contribution in [0.5, 0.6) is 0 Å². The summed E-state index contributed by atoms with van der Waals surface area (Å²) in [5.41, 5.74) is 2.24. The largest absolute Gasteiger partial charge is 0.342 e. The highest BCUT2D eigenvalue weighted by molar-refractivity contribution is 9.10. The molecule has 0 radical (unpaired) electrons. The van der Waals surface area contributed by atoms with Crippen molar-refractivity contribution in [3.8, 4) is 11.3 Å². The van der Waals surface area contributed by atoms with Gasteiger partial charge in [0, 0.05) is 22.5 Å². The van der Waals surface area contributed by atoms with Gasteiger partial charge >= 0.3 is 0 Å². The van der Waals surface area contributed by atoms with Gasteiger partial charge in [0.1, 0.15) is 5.82 Å². The van der Waals surface area contributed by atoms with Crippen molar-refractivity contribution < 1.29 is 0 Å². The summed E-state index contributed by atoms with van der Waals surface area (Å²) in [5, 5.41) is 3.41. The fourth-order valence-electron chi connectivity index (χ4n) is 1.94. The highest BCUT2D eigenvalue weighted by atomic mass is 79.9. The molecule has 0 spiro atoms. The molecule has 19 heavy (non-hydrogen) atoms. The Morgan fingerprint density at radius 3 is 2.95 bits per heavy atom. The molecule has 2 aromatic rings. The van der Waals surface area contributed by atoms with E-state index < -0.39 is 0 Å². The minimum absolute atomic E-state index is 0.550. The average Bonchev–Trinajstić information content (AvgIpc) is 2.83. The van der Waals surface area contributed by atoms with Crippen LogP contribution in [0.25, 0.3) is 11.3 Å². The predicted molar refractivity (Wildman–Crippen MR) is 83.2 cm³/mol. The Hall–Kier alpha value is -1.13. The molecule has 102 valence electrons. The van der Waals surface area contributed by atoms with Crippen molar-refractivity contribution in [2.75, 3.05) is 6.54 Å². The van der Waals surface area contributed by atoms with Crippen molar-refractivity contribution in [2.45, 2.75) is 32.7 Å². The molecule has 0 saturated heterocycles. The van der Waals surface area contributed by atoms with Gasteiger partial charge in [-0.1, -0.05) is 41.9 Å². The predicted octanol–water partition coefficient (Wildman–Crippen LogP) is 3.77. The topological polar surface area (TPSA) is 40.7 Å². The lowest BCUT2D eigenvalue weighted by molar-refractivity contribution is 0.567. The molecule has 2 rings (SSSR count). The molecule has 0 bridgehead atoms. The molecule has 0 saturated carbocycles. The molecule has 4 heteroatoms. The summed E-state index contributed by atoms with van der Waals surface area (Å²) in [4.78, 5) is 7.83. The van der Waals surface area contributed by atoms with E-state index >= 15 is 0 Å². The fourth-order valence-corrected chi connectivity index (χ4v) is 2.34. The number of hydrogen-bond donors (Lipinski definition) is 2. The van der Waals surface area contributed by atoms with E-state index in [-0.39, 0.29) is 0 Å². The molecule has 0 aliphatic heterocycles. The second-order valence-electron chi connectivity index (χ2n) is 4.97. The van der Waals surface area contributed by atoms with Crippen LogP contribution >= 0.6 is 15.9 Å². The molecule has 3 nitrogen and oxygen atoms in total. The molecule has 1 aromatic heterocycles. The number of benzene rings is 1. The number of hydrogen-bond acceptors (Lipinski definition) is 2. The summed E-state index contributed by atoms with van der Waals surface area (Å²) in [6.07, 6.45) is 3.99. The van der Waals surface area contributed by atoms with Crippen LogP contribution in [0, 0.1) is 0 Å². The van der Waals surface area contributed by atoms with E-state index in [1.165, 1.54) is 0 Å². The van der Waals surface area contributed by atoms with Crippen LogP contribution in [0.2, 0.25) is 0 Å². The third-order valence-corrected chi connectivity index (χ3v) is 3.40. The average molecular weight is 322 g/mol. The Bertz CT molecular complexity index is 520. The summed E-state index contributed by atoms with van der Waals surface area (Å²) in [6.45, 7) is 5.36. The minimum Gasteiger partial charge on any atom is -0.342 e. The monoisotopic (exact) mass is 321 g/mol. The van der Waals surface area contributed by atoms with E-state index in [4.69, 9.17) is 0 Å². The molecule has 0 unspecified atom stereocenters. The first kappa shape index (κ1) is 14.3. The van der Waals surface area contributed by atoms with Gasteiger partial charge in [0.05, 0.1) is 11.9 Å². The highest BCUT2D eigenvalue weighted by Crippen LogP contribution is 2.21. The molecular weight excluding hydrogens is 302 g/mol. The van der Waals surface area contributed by atoms with E-state index in [2.05, 4.69) is 57.2 Å². The number of halogens is 1. The second-order valence-corrected chi connectivity index (χ2v) is 5.88. The minimum atomic E-state index is 0.550. The number of aromatic nitrogens is 2. The summed E-state index contributed by atoms with van der Waals surface area (Å²) in [5.74, 6) is 1.06. The summed E-state index contributed by atoms with van der Waals surface area (Å²) in [6, 6.07) is 8.79. The number of rotatable bonds is 6. The quantitative estimate of drug-likeness (QED) is 0.795. The molecule has 0 amide bonds. The Morgan fingerprint density at radius 1 is 1.37 bits per heavy atom. The molecule has 1 heterocycles. The van der Waals surface area contributed by atoms with Crippen LogP contribution in [0.15, 0.2) is 34.9 Å². The lowest BCUT2D eigenvalue weighted by atomic mass is 10.2. The molecule has 1 aromatic carbocycles. The third kappa shape index (κ3) is 4.48. The third-order valence-electron chi connectivity index (χ3n) is 2.91. The Kier molecular flexibility index (Phi) is 5.16. The summed E-state index contributed by atoms with van der Waals surface area (Å²) in [7, 11) is 0. The van der Waals surface area contributed by atoms with E-state index in [0.717, 1.165) is 40.9 Å². The number of aryl methyl sites for hydroxylation is 1. The van der Waals surface area contributed by atoms with Gasteiger partial charge in [0.25, 0.3) is 0 Å². The van der Waals surface area contributed by atoms with Crippen LogP contribution in [0.1, 0.15) is 26.1 Å². The smallest absolute Gasteiger partial charge is 0.106 e. The first-order valence-corrected chi connectivity index (χ1v) is 7.47. The van der Waals surface area contributed by atoms with Gasteiger partial charge in [-0.15, -0.1) is 0 Å². The van der Waals surface area contributed by atoms with Crippen molar-refractivity contribution in [1.82, 2.24) is 15.3 Å². The lowest BCUT2D eigenvalue weighted by Gasteiger charge is -2.06. The van der Waals surface area contributed by atoms with Gasteiger partial charge in [-0.05, 0) is 25.1 Å². The normalized spacial score (nSPS) is 11.2. The fraction of sp³-hybridized carbons (Fsp3) is 0.400. The zero-order valence-corrected chi connectivity index (χ0v) is 13.0. The van der Waals surface area contributed by atoms with Gasteiger partial charge in [-0.2, -0.15) is 0 Å². The van der Waals surface area contributed by atoms with Gasteiger partial charge in [-0.25, -0.2) is 4.98 Å². The number of H-pyrrole nitrogens is 1. The van der Waals surface area contributed by atoms with Crippen LogP contribution < -0.4 is 5.32 Å². The van der Waals surface area contributed by atoms with E-state index in [9.17, 15) is 0 Å². The molecule has 0 fully saturated rings. The summed E-state index contributed by atoms with van der Waals surface area (Å²) >= 11 is 3.49. The van der Waals surface area contributed by atoms with Crippen LogP contribution in [-0.4, -0.2) is 22.6 Å². The van der Waals surface area contributed by atoms with Crippen LogP contribution in [0.3, 0.4) is 0 Å². The maximum absolute atomic E-state index is 4.44. The number of imidazole rings is 1. The maximum atomic E-state index is 4.44. The van der Waals surface area contributed by atoms with Gasteiger partial charge in [-0.3, -0.25) is 0 Å². The van der Waals surface area contributed by atoms with Crippen molar-refractivity contribution in [3.63, 3.8) is 0 Å². The zero-order chi connectivity index (χ0) is 13.7.